The Bertz CT molecular complexity index is 350. The molecule has 1 nitrogen and oxygen atoms in total. The molecule has 1 atom stereocenters. The summed E-state index contributed by atoms with van der Waals surface area (Å²) in [4.78, 5) is 2.27. The van der Waals surface area contributed by atoms with Gasteiger partial charge in [-0.3, -0.25) is 4.90 Å². The first-order chi connectivity index (χ1) is 7.24. The summed E-state index contributed by atoms with van der Waals surface area (Å²) in [5.41, 5.74) is 2.17. The quantitative estimate of drug-likeness (QED) is 0.542. The van der Waals surface area contributed by atoms with Crippen molar-refractivity contribution in [2.45, 2.75) is 11.9 Å². The summed E-state index contributed by atoms with van der Waals surface area (Å²) in [6.45, 7) is 2.61. The summed E-state index contributed by atoms with van der Waals surface area (Å²) >= 11 is 6.07. The molecule has 1 aliphatic heterocycles. The molecule has 3 heteroatoms. The first-order valence-corrected chi connectivity index (χ1v) is 5.54. The Labute approximate surface area is 97.1 Å². The standard InChI is InChI=1S/C12H13BClN/c13-11-6-12(14)9-15(8-11)7-10-4-2-1-3-5-10/h1-6,12H,7-9H2. The van der Waals surface area contributed by atoms with Crippen LogP contribution in [-0.4, -0.2) is 31.2 Å². The van der Waals surface area contributed by atoms with Gasteiger partial charge in [0.1, 0.15) is 7.85 Å². The molecule has 0 fully saturated rings. The molecule has 0 N–H and O–H groups in total. The Morgan fingerprint density at radius 2 is 2.07 bits per heavy atom. The van der Waals surface area contributed by atoms with Gasteiger partial charge in [0.15, 0.2) is 0 Å². The lowest BCUT2D eigenvalue weighted by atomic mass is 9.91. The molecule has 0 aliphatic carbocycles. The Kier molecular flexibility index (Phi) is 3.50. The van der Waals surface area contributed by atoms with Crippen molar-refractivity contribution in [2.75, 3.05) is 13.1 Å². The fraction of sp³-hybridized carbons (Fsp3) is 0.333. The molecule has 1 heterocycles. The average molecular weight is 218 g/mol. The van der Waals surface area contributed by atoms with Crippen molar-refractivity contribution in [3.63, 3.8) is 0 Å². The lowest BCUT2D eigenvalue weighted by Gasteiger charge is -2.28. The van der Waals surface area contributed by atoms with Crippen molar-refractivity contribution >= 4 is 19.4 Å². The maximum absolute atomic E-state index is 6.07. The zero-order valence-electron chi connectivity index (χ0n) is 8.57. The van der Waals surface area contributed by atoms with Gasteiger partial charge in [0.05, 0.1) is 5.38 Å². The van der Waals surface area contributed by atoms with Crippen molar-refractivity contribution in [1.82, 2.24) is 4.90 Å². The highest BCUT2D eigenvalue weighted by atomic mass is 35.5. The lowest BCUT2D eigenvalue weighted by Crippen LogP contribution is -2.35. The number of rotatable bonds is 2. The van der Waals surface area contributed by atoms with Crippen LogP contribution in [0.25, 0.3) is 0 Å². The molecule has 1 unspecified atom stereocenters. The van der Waals surface area contributed by atoms with Crippen molar-refractivity contribution in [3.05, 3.63) is 47.4 Å². The number of hydrogen-bond donors (Lipinski definition) is 0. The molecule has 2 rings (SSSR count). The minimum atomic E-state index is 0.0439. The number of nitrogens with zero attached hydrogens (tertiary/aromatic N) is 1. The van der Waals surface area contributed by atoms with Gasteiger partial charge >= 0.3 is 0 Å². The SMILES string of the molecule is [B]C1=CC(Cl)CN(Cc2ccccc2)C1. The summed E-state index contributed by atoms with van der Waals surface area (Å²) < 4.78 is 0. The van der Waals surface area contributed by atoms with Crippen molar-refractivity contribution in [3.8, 4) is 0 Å². The minimum Gasteiger partial charge on any atom is -0.294 e. The summed E-state index contributed by atoms with van der Waals surface area (Å²) in [6, 6.07) is 10.4. The highest BCUT2D eigenvalue weighted by molar-refractivity contribution is 6.25. The van der Waals surface area contributed by atoms with Gasteiger partial charge < -0.3 is 0 Å². The summed E-state index contributed by atoms with van der Waals surface area (Å²) in [7, 11) is 5.80. The third-order valence-electron chi connectivity index (χ3n) is 2.48. The van der Waals surface area contributed by atoms with Gasteiger partial charge in [-0.15, -0.1) is 17.1 Å². The Morgan fingerprint density at radius 3 is 2.73 bits per heavy atom. The van der Waals surface area contributed by atoms with E-state index in [1.165, 1.54) is 5.56 Å². The number of benzene rings is 1. The van der Waals surface area contributed by atoms with Crippen LogP contribution in [0.5, 0.6) is 0 Å². The van der Waals surface area contributed by atoms with Crippen molar-refractivity contribution < 1.29 is 0 Å². The van der Waals surface area contributed by atoms with E-state index in [0.717, 1.165) is 25.1 Å². The predicted molar refractivity (Wildman–Crippen MR) is 65.2 cm³/mol. The lowest BCUT2D eigenvalue weighted by molar-refractivity contribution is 0.290. The first-order valence-electron chi connectivity index (χ1n) is 5.10. The molecule has 15 heavy (non-hydrogen) atoms. The molecule has 1 aliphatic rings. The van der Waals surface area contributed by atoms with Crippen LogP contribution in [0, 0.1) is 0 Å². The molecule has 0 aromatic heterocycles. The molecule has 1 aromatic rings. The number of halogens is 1. The van der Waals surface area contributed by atoms with Crippen LogP contribution in [0.4, 0.5) is 0 Å². The zero-order chi connectivity index (χ0) is 10.7. The van der Waals surface area contributed by atoms with Crippen molar-refractivity contribution in [2.24, 2.45) is 0 Å². The molecular formula is C12H13BClN. The summed E-state index contributed by atoms with van der Waals surface area (Å²) in [5.74, 6) is 0. The monoisotopic (exact) mass is 217 g/mol. The van der Waals surface area contributed by atoms with Gasteiger partial charge in [0, 0.05) is 19.6 Å². The largest absolute Gasteiger partial charge is 0.294 e. The molecule has 0 saturated heterocycles. The van der Waals surface area contributed by atoms with E-state index in [9.17, 15) is 0 Å². The predicted octanol–water partition coefficient (Wildman–Crippen LogP) is 2.16. The normalized spacial score (nSPS) is 22.5. The summed E-state index contributed by atoms with van der Waals surface area (Å²) in [5, 5.41) is 0.0439. The van der Waals surface area contributed by atoms with Crippen LogP contribution >= 0.6 is 11.6 Å². The van der Waals surface area contributed by atoms with Crippen LogP contribution in [0.1, 0.15) is 5.56 Å². The Hall–Kier alpha value is -0.725. The van der Waals surface area contributed by atoms with E-state index in [1.807, 2.05) is 12.1 Å². The number of alkyl halides is 1. The van der Waals surface area contributed by atoms with Gasteiger partial charge in [-0.05, 0) is 5.56 Å². The maximum atomic E-state index is 6.07. The fourth-order valence-corrected chi connectivity index (χ4v) is 2.23. The van der Waals surface area contributed by atoms with E-state index in [1.54, 1.807) is 0 Å². The third kappa shape index (κ3) is 3.12. The second-order valence-electron chi connectivity index (χ2n) is 3.91. The molecule has 2 radical (unpaired) electrons. The Balaban J connectivity index is 1.99. The third-order valence-corrected chi connectivity index (χ3v) is 2.75. The van der Waals surface area contributed by atoms with Crippen LogP contribution in [0.2, 0.25) is 0 Å². The van der Waals surface area contributed by atoms with Crippen LogP contribution in [-0.2, 0) is 6.54 Å². The molecule has 76 valence electrons. The van der Waals surface area contributed by atoms with Gasteiger partial charge in [0.25, 0.3) is 0 Å². The van der Waals surface area contributed by atoms with Gasteiger partial charge in [-0.25, -0.2) is 0 Å². The van der Waals surface area contributed by atoms with Crippen LogP contribution < -0.4 is 0 Å². The van der Waals surface area contributed by atoms with Crippen molar-refractivity contribution in [1.29, 1.82) is 0 Å². The second kappa shape index (κ2) is 4.87. The van der Waals surface area contributed by atoms with Gasteiger partial charge in [0.2, 0.25) is 0 Å². The van der Waals surface area contributed by atoms with E-state index >= 15 is 0 Å². The van der Waals surface area contributed by atoms with E-state index in [0.29, 0.717) is 0 Å². The highest BCUT2D eigenvalue weighted by Gasteiger charge is 2.15. The molecule has 0 bridgehead atoms. The smallest absolute Gasteiger partial charge is 0.109 e. The number of hydrogen-bond acceptors (Lipinski definition) is 1. The highest BCUT2D eigenvalue weighted by Crippen LogP contribution is 2.15. The molecule has 0 saturated carbocycles. The topological polar surface area (TPSA) is 3.24 Å². The van der Waals surface area contributed by atoms with Crippen LogP contribution in [0.15, 0.2) is 41.9 Å². The summed E-state index contributed by atoms with van der Waals surface area (Å²) in [6.07, 6.45) is 1.93. The van der Waals surface area contributed by atoms with E-state index < -0.39 is 0 Å². The zero-order valence-corrected chi connectivity index (χ0v) is 9.32. The minimum absolute atomic E-state index is 0.0439. The molecule has 1 aromatic carbocycles. The van der Waals surface area contributed by atoms with Gasteiger partial charge in [-0.1, -0.05) is 36.4 Å². The van der Waals surface area contributed by atoms with E-state index in [4.69, 9.17) is 19.4 Å². The fourth-order valence-electron chi connectivity index (χ4n) is 1.87. The van der Waals surface area contributed by atoms with Gasteiger partial charge in [-0.2, -0.15) is 0 Å². The molecule has 0 spiro atoms. The molecular weight excluding hydrogens is 204 g/mol. The molecule has 0 amide bonds. The second-order valence-corrected chi connectivity index (χ2v) is 4.47. The van der Waals surface area contributed by atoms with Crippen LogP contribution in [0.3, 0.4) is 0 Å². The maximum Gasteiger partial charge on any atom is 0.109 e. The first kappa shape index (κ1) is 10.8. The Morgan fingerprint density at radius 1 is 1.33 bits per heavy atom. The average Bonchev–Trinajstić information content (AvgIpc) is 2.17. The van der Waals surface area contributed by atoms with E-state index in [-0.39, 0.29) is 5.38 Å². The van der Waals surface area contributed by atoms with E-state index in [2.05, 4.69) is 29.2 Å².